The normalized spacial score (nSPS) is 10.5. The molecule has 1 N–H and O–H groups in total. The summed E-state index contributed by atoms with van der Waals surface area (Å²) < 4.78 is 4.99. The summed E-state index contributed by atoms with van der Waals surface area (Å²) in [5, 5.41) is 15.4. The molecule has 0 saturated heterocycles. The second-order valence-corrected chi connectivity index (χ2v) is 5.57. The number of aromatic nitrogens is 5. The van der Waals surface area contributed by atoms with E-state index < -0.39 is 0 Å². The van der Waals surface area contributed by atoms with E-state index in [4.69, 9.17) is 16.3 Å². The van der Waals surface area contributed by atoms with Gasteiger partial charge >= 0.3 is 0 Å². The molecule has 0 aliphatic heterocycles. The third-order valence-corrected chi connectivity index (χ3v) is 3.59. The molecular formula is C16H15ClN6O2. The Kier molecular flexibility index (Phi) is 5.20. The first kappa shape index (κ1) is 16.8. The Morgan fingerprint density at radius 2 is 2.04 bits per heavy atom. The Morgan fingerprint density at radius 3 is 2.72 bits per heavy atom. The molecule has 8 nitrogen and oxygen atoms in total. The molecule has 2 aromatic heterocycles. The number of methoxy groups -OCH3 is 1. The van der Waals surface area contributed by atoms with Crippen LogP contribution in [0.15, 0.2) is 42.6 Å². The molecular weight excluding hydrogens is 344 g/mol. The van der Waals surface area contributed by atoms with E-state index in [-0.39, 0.29) is 12.5 Å². The molecule has 0 aliphatic rings. The van der Waals surface area contributed by atoms with Crippen molar-refractivity contribution in [1.29, 1.82) is 0 Å². The van der Waals surface area contributed by atoms with E-state index >= 15 is 0 Å². The number of carbonyl (C=O) groups excluding carboxylic acids is 1. The van der Waals surface area contributed by atoms with Crippen LogP contribution in [-0.4, -0.2) is 38.2 Å². The summed E-state index contributed by atoms with van der Waals surface area (Å²) in [5.74, 6) is 0.733. The highest BCUT2D eigenvalue weighted by molar-refractivity contribution is 6.30. The van der Waals surface area contributed by atoms with E-state index in [0.29, 0.717) is 23.3 Å². The van der Waals surface area contributed by atoms with Crippen molar-refractivity contribution >= 4 is 17.5 Å². The van der Waals surface area contributed by atoms with E-state index in [0.717, 1.165) is 11.1 Å². The second-order valence-electron chi connectivity index (χ2n) is 5.14. The first-order chi connectivity index (χ1) is 12.1. The van der Waals surface area contributed by atoms with Crippen LogP contribution in [0.25, 0.3) is 11.4 Å². The van der Waals surface area contributed by atoms with Crippen LogP contribution in [0.3, 0.4) is 0 Å². The third kappa shape index (κ3) is 4.51. The van der Waals surface area contributed by atoms with E-state index in [2.05, 4.69) is 25.7 Å². The van der Waals surface area contributed by atoms with E-state index in [1.807, 2.05) is 6.07 Å². The number of amides is 1. The number of halogens is 1. The zero-order valence-electron chi connectivity index (χ0n) is 13.4. The van der Waals surface area contributed by atoms with Crippen LogP contribution in [0.4, 0.5) is 0 Å². The smallest absolute Gasteiger partial charge is 0.243 e. The predicted octanol–water partition coefficient (Wildman–Crippen LogP) is 1.71. The number of benzene rings is 1. The van der Waals surface area contributed by atoms with Gasteiger partial charge in [0.25, 0.3) is 0 Å². The van der Waals surface area contributed by atoms with Gasteiger partial charge in [-0.25, -0.2) is 4.98 Å². The van der Waals surface area contributed by atoms with Crippen LogP contribution in [-0.2, 0) is 17.9 Å². The second kappa shape index (κ2) is 7.71. The minimum Gasteiger partial charge on any atom is -0.481 e. The number of carbonyl (C=O) groups is 1. The van der Waals surface area contributed by atoms with E-state index in [1.165, 1.54) is 4.80 Å². The van der Waals surface area contributed by atoms with Gasteiger partial charge in [0.1, 0.15) is 6.54 Å². The molecule has 2 heterocycles. The average Bonchev–Trinajstić information content (AvgIpc) is 3.09. The highest BCUT2D eigenvalue weighted by atomic mass is 35.5. The lowest BCUT2D eigenvalue weighted by Gasteiger charge is -2.05. The third-order valence-electron chi connectivity index (χ3n) is 3.34. The number of tetrazole rings is 1. The summed E-state index contributed by atoms with van der Waals surface area (Å²) >= 11 is 5.85. The summed E-state index contributed by atoms with van der Waals surface area (Å²) in [4.78, 5) is 17.3. The van der Waals surface area contributed by atoms with Gasteiger partial charge in [-0.2, -0.15) is 4.80 Å². The number of nitrogens with one attached hydrogen (secondary N) is 1. The molecule has 1 aromatic carbocycles. The summed E-state index contributed by atoms with van der Waals surface area (Å²) in [7, 11) is 1.55. The lowest BCUT2D eigenvalue weighted by atomic mass is 10.2. The Hall–Kier alpha value is -3.00. The predicted molar refractivity (Wildman–Crippen MR) is 90.9 cm³/mol. The minimum atomic E-state index is -0.226. The Balaban J connectivity index is 1.55. The Morgan fingerprint density at radius 1 is 1.24 bits per heavy atom. The summed E-state index contributed by atoms with van der Waals surface area (Å²) in [6.07, 6.45) is 1.64. The first-order valence-electron chi connectivity index (χ1n) is 7.43. The van der Waals surface area contributed by atoms with Crippen molar-refractivity contribution in [2.75, 3.05) is 7.11 Å². The molecule has 128 valence electrons. The van der Waals surface area contributed by atoms with Gasteiger partial charge in [-0.15, -0.1) is 10.2 Å². The molecule has 0 saturated carbocycles. The average molecular weight is 359 g/mol. The topological polar surface area (TPSA) is 94.8 Å². The minimum absolute atomic E-state index is 0.0236. The lowest BCUT2D eigenvalue weighted by Crippen LogP contribution is -2.28. The van der Waals surface area contributed by atoms with Crippen LogP contribution in [0.1, 0.15) is 5.56 Å². The fraction of sp³-hybridized carbons (Fsp3) is 0.188. The van der Waals surface area contributed by atoms with Crippen molar-refractivity contribution in [3.8, 4) is 17.3 Å². The Bertz CT molecular complexity index is 848. The van der Waals surface area contributed by atoms with E-state index in [1.54, 1.807) is 43.6 Å². The highest BCUT2D eigenvalue weighted by Gasteiger charge is 2.09. The first-order valence-corrected chi connectivity index (χ1v) is 7.81. The molecule has 3 aromatic rings. The highest BCUT2D eigenvalue weighted by Crippen LogP contribution is 2.16. The van der Waals surface area contributed by atoms with Crippen molar-refractivity contribution < 1.29 is 9.53 Å². The molecule has 0 fully saturated rings. The molecule has 0 bridgehead atoms. The van der Waals surface area contributed by atoms with Crippen molar-refractivity contribution in [3.05, 3.63) is 53.2 Å². The molecule has 9 heteroatoms. The molecule has 0 aliphatic carbocycles. The van der Waals surface area contributed by atoms with Gasteiger partial charge in [0.15, 0.2) is 0 Å². The Labute approximate surface area is 148 Å². The van der Waals surface area contributed by atoms with Gasteiger partial charge in [-0.3, -0.25) is 4.79 Å². The maximum atomic E-state index is 12.0. The number of pyridine rings is 1. The van der Waals surface area contributed by atoms with Crippen LogP contribution >= 0.6 is 11.6 Å². The summed E-state index contributed by atoms with van der Waals surface area (Å²) in [6, 6.07) is 10.6. The van der Waals surface area contributed by atoms with Crippen LogP contribution < -0.4 is 10.1 Å². The number of nitrogens with zero attached hydrogens (tertiary/aromatic N) is 5. The SMILES string of the molecule is COc1ccc(CNC(=O)Cn2nnc(-c3ccc(Cl)cc3)n2)cn1. The van der Waals surface area contributed by atoms with Crippen LogP contribution in [0, 0.1) is 0 Å². The maximum absolute atomic E-state index is 12.0. The lowest BCUT2D eigenvalue weighted by molar-refractivity contribution is -0.122. The van der Waals surface area contributed by atoms with Gasteiger partial charge < -0.3 is 10.1 Å². The number of hydrogen-bond acceptors (Lipinski definition) is 6. The fourth-order valence-corrected chi connectivity index (χ4v) is 2.17. The van der Waals surface area contributed by atoms with Crippen molar-refractivity contribution in [1.82, 2.24) is 30.5 Å². The summed E-state index contributed by atoms with van der Waals surface area (Å²) in [6.45, 7) is 0.332. The molecule has 3 rings (SSSR count). The number of rotatable bonds is 6. The van der Waals surface area contributed by atoms with Gasteiger partial charge in [-0.05, 0) is 35.0 Å². The quantitative estimate of drug-likeness (QED) is 0.720. The van der Waals surface area contributed by atoms with Crippen LogP contribution in [0.2, 0.25) is 5.02 Å². The molecule has 0 radical (unpaired) electrons. The van der Waals surface area contributed by atoms with Gasteiger partial charge in [0, 0.05) is 29.4 Å². The molecule has 1 amide bonds. The largest absolute Gasteiger partial charge is 0.481 e. The van der Waals surface area contributed by atoms with Crippen molar-refractivity contribution in [2.45, 2.75) is 13.1 Å². The molecule has 0 spiro atoms. The fourth-order valence-electron chi connectivity index (χ4n) is 2.05. The van der Waals surface area contributed by atoms with Crippen molar-refractivity contribution in [2.24, 2.45) is 0 Å². The monoisotopic (exact) mass is 358 g/mol. The maximum Gasteiger partial charge on any atom is 0.243 e. The molecule has 25 heavy (non-hydrogen) atoms. The zero-order valence-corrected chi connectivity index (χ0v) is 14.1. The standard InChI is InChI=1S/C16H15ClN6O2/c1-25-15-7-2-11(9-19-15)8-18-14(24)10-23-21-16(20-22-23)12-3-5-13(17)6-4-12/h2-7,9H,8,10H2,1H3,(H,18,24). The van der Waals surface area contributed by atoms with E-state index in [9.17, 15) is 4.79 Å². The summed E-state index contributed by atoms with van der Waals surface area (Å²) in [5.41, 5.74) is 1.64. The molecule has 0 unspecified atom stereocenters. The van der Waals surface area contributed by atoms with Gasteiger partial charge in [0.05, 0.1) is 7.11 Å². The zero-order chi connectivity index (χ0) is 17.6. The van der Waals surface area contributed by atoms with Gasteiger partial charge in [-0.1, -0.05) is 17.7 Å². The van der Waals surface area contributed by atoms with Gasteiger partial charge in [0.2, 0.25) is 17.6 Å². The number of ether oxygens (including phenoxy) is 1. The number of hydrogen-bond donors (Lipinski definition) is 1. The molecule has 0 atom stereocenters. The van der Waals surface area contributed by atoms with Crippen LogP contribution in [0.5, 0.6) is 5.88 Å². The van der Waals surface area contributed by atoms with Crippen molar-refractivity contribution in [3.63, 3.8) is 0 Å².